The van der Waals surface area contributed by atoms with Crippen LogP contribution in [-0.4, -0.2) is 26.2 Å². The molecule has 0 spiro atoms. The Morgan fingerprint density at radius 3 is 3.15 bits per heavy atom. The largest absolute Gasteiger partial charge is 0.395 e. The minimum Gasteiger partial charge on any atom is -0.395 e. The predicted molar refractivity (Wildman–Crippen MR) is 49.4 cm³/mol. The minimum absolute atomic E-state index is 0.134. The van der Waals surface area contributed by atoms with E-state index in [-0.39, 0.29) is 6.61 Å². The van der Waals surface area contributed by atoms with Crippen LogP contribution in [0, 0.1) is 6.92 Å². The number of pyridine rings is 1. The van der Waals surface area contributed by atoms with Gasteiger partial charge < -0.3 is 9.67 Å². The number of aliphatic hydroxyl groups is 1. The van der Waals surface area contributed by atoms with Gasteiger partial charge in [-0.25, -0.2) is 4.98 Å². The van der Waals surface area contributed by atoms with Crippen molar-refractivity contribution in [3.05, 3.63) is 24.3 Å². The van der Waals surface area contributed by atoms with Gasteiger partial charge in [0.2, 0.25) is 0 Å². The van der Waals surface area contributed by atoms with Crippen LogP contribution in [0.15, 0.2) is 18.5 Å². The summed E-state index contributed by atoms with van der Waals surface area (Å²) >= 11 is 0. The van der Waals surface area contributed by atoms with E-state index in [1.807, 2.05) is 17.6 Å². The first-order valence-corrected chi connectivity index (χ1v) is 4.20. The molecule has 0 fully saturated rings. The molecule has 0 aliphatic heterocycles. The molecule has 0 radical (unpaired) electrons. The third-order valence-electron chi connectivity index (χ3n) is 2.07. The molecule has 0 bridgehead atoms. The van der Waals surface area contributed by atoms with Gasteiger partial charge in [-0.1, -0.05) is 0 Å². The molecular weight excluding hydrogens is 166 g/mol. The summed E-state index contributed by atoms with van der Waals surface area (Å²) in [5, 5.41) is 8.86. The Morgan fingerprint density at radius 2 is 2.38 bits per heavy atom. The van der Waals surface area contributed by atoms with Crippen LogP contribution in [0.25, 0.3) is 11.0 Å². The quantitative estimate of drug-likeness (QED) is 0.735. The summed E-state index contributed by atoms with van der Waals surface area (Å²) in [7, 11) is 0. The summed E-state index contributed by atoms with van der Waals surface area (Å²) in [4.78, 5) is 8.31. The van der Waals surface area contributed by atoms with Crippen molar-refractivity contribution in [3.8, 4) is 0 Å². The molecule has 0 aliphatic rings. The lowest BCUT2D eigenvalue weighted by Gasteiger charge is -2.02. The third-order valence-corrected chi connectivity index (χ3v) is 2.07. The van der Waals surface area contributed by atoms with Crippen LogP contribution >= 0.6 is 0 Å². The van der Waals surface area contributed by atoms with Crippen LogP contribution < -0.4 is 0 Å². The highest BCUT2D eigenvalue weighted by atomic mass is 16.3. The average molecular weight is 177 g/mol. The maximum absolute atomic E-state index is 8.86. The van der Waals surface area contributed by atoms with Gasteiger partial charge >= 0.3 is 0 Å². The highest BCUT2D eigenvalue weighted by Crippen LogP contribution is 2.13. The van der Waals surface area contributed by atoms with E-state index in [0.29, 0.717) is 6.54 Å². The standard InChI is InChI=1S/C9H11N3O/c1-7-11-8-6-10-3-2-9(8)12(7)4-5-13/h2-3,6,13H,4-5H2,1H3. The Bertz CT molecular complexity index is 422. The number of fused-ring (bicyclic) bond motifs is 1. The fraction of sp³-hybridized carbons (Fsp3) is 0.333. The second kappa shape index (κ2) is 3.14. The molecule has 2 rings (SSSR count). The number of nitrogens with zero attached hydrogens (tertiary/aromatic N) is 3. The van der Waals surface area contributed by atoms with E-state index >= 15 is 0 Å². The smallest absolute Gasteiger partial charge is 0.107 e. The van der Waals surface area contributed by atoms with E-state index in [0.717, 1.165) is 16.9 Å². The van der Waals surface area contributed by atoms with E-state index in [1.54, 1.807) is 12.4 Å². The molecule has 2 heterocycles. The zero-order chi connectivity index (χ0) is 9.26. The van der Waals surface area contributed by atoms with Crippen molar-refractivity contribution in [1.29, 1.82) is 0 Å². The zero-order valence-corrected chi connectivity index (χ0v) is 7.44. The number of imidazole rings is 1. The second-order valence-corrected chi connectivity index (χ2v) is 2.90. The van der Waals surface area contributed by atoms with Crippen LogP contribution in [0.5, 0.6) is 0 Å². The number of aryl methyl sites for hydroxylation is 1. The van der Waals surface area contributed by atoms with Crippen molar-refractivity contribution in [3.63, 3.8) is 0 Å². The number of hydrogen-bond acceptors (Lipinski definition) is 3. The molecule has 4 heteroatoms. The second-order valence-electron chi connectivity index (χ2n) is 2.90. The Kier molecular flexibility index (Phi) is 1.98. The van der Waals surface area contributed by atoms with Gasteiger partial charge in [-0.15, -0.1) is 0 Å². The van der Waals surface area contributed by atoms with Crippen molar-refractivity contribution in [2.75, 3.05) is 6.61 Å². The lowest BCUT2D eigenvalue weighted by molar-refractivity contribution is 0.276. The number of aliphatic hydroxyl groups excluding tert-OH is 1. The summed E-state index contributed by atoms with van der Waals surface area (Å²) in [6.07, 6.45) is 3.47. The molecule has 2 aromatic heterocycles. The van der Waals surface area contributed by atoms with Crippen molar-refractivity contribution >= 4 is 11.0 Å². The monoisotopic (exact) mass is 177 g/mol. The number of hydrogen-bond donors (Lipinski definition) is 1. The fourth-order valence-electron chi connectivity index (χ4n) is 1.48. The SMILES string of the molecule is Cc1nc2cnccc2n1CCO. The highest BCUT2D eigenvalue weighted by Gasteiger charge is 2.05. The van der Waals surface area contributed by atoms with Gasteiger partial charge in [0.05, 0.1) is 18.3 Å². The molecule has 2 aromatic rings. The van der Waals surface area contributed by atoms with Gasteiger partial charge in [0, 0.05) is 12.7 Å². The molecule has 0 unspecified atom stereocenters. The molecule has 1 N–H and O–H groups in total. The number of rotatable bonds is 2. The summed E-state index contributed by atoms with van der Waals surface area (Å²) in [6, 6.07) is 1.91. The molecule has 68 valence electrons. The first-order chi connectivity index (χ1) is 6.33. The highest BCUT2D eigenvalue weighted by molar-refractivity contribution is 5.74. The maximum atomic E-state index is 8.86. The van der Waals surface area contributed by atoms with Crippen molar-refractivity contribution in [1.82, 2.24) is 14.5 Å². The van der Waals surface area contributed by atoms with Crippen LogP contribution in [0.1, 0.15) is 5.82 Å². The topological polar surface area (TPSA) is 50.9 Å². The summed E-state index contributed by atoms with van der Waals surface area (Å²) in [6.45, 7) is 2.65. The molecular formula is C9H11N3O. The van der Waals surface area contributed by atoms with Gasteiger partial charge in [0.15, 0.2) is 0 Å². The van der Waals surface area contributed by atoms with E-state index in [4.69, 9.17) is 5.11 Å². The Hall–Kier alpha value is -1.42. The molecule has 13 heavy (non-hydrogen) atoms. The molecule has 0 atom stereocenters. The lowest BCUT2D eigenvalue weighted by Crippen LogP contribution is -2.03. The summed E-state index contributed by atoms with van der Waals surface area (Å²) < 4.78 is 1.98. The van der Waals surface area contributed by atoms with E-state index in [9.17, 15) is 0 Å². The first-order valence-electron chi connectivity index (χ1n) is 4.20. The van der Waals surface area contributed by atoms with Gasteiger partial charge in [0.1, 0.15) is 11.3 Å². The van der Waals surface area contributed by atoms with Crippen LogP contribution in [0.3, 0.4) is 0 Å². The van der Waals surface area contributed by atoms with Crippen molar-refractivity contribution < 1.29 is 5.11 Å². The van der Waals surface area contributed by atoms with Crippen LogP contribution in [0.4, 0.5) is 0 Å². The van der Waals surface area contributed by atoms with Crippen LogP contribution in [-0.2, 0) is 6.54 Å². The minimum atomic E-state index is 0.134. The van der Waals surface area contributed by atoms with E-state index < -0.39 is 0 Å². The van der Waals surface area contributed by atoms with Crippen molar-refractivity contribution in [2.24, 2.45) is 0 Å². The predicted octanol–water partition coefficient (Wildman–Crippen LogP) is 0.732. The zero-order valence-electron chi connectivity index (χ0n) is 7.44. The van der Waals surface area contributed by atoms with Gasteiger partial charge in [-0.05, 0) is 13.0 Å². The first kappa shape index (κ1) is 8.19. The average Bonchev–Trinajstić information content (AvgIpc) is 2.44. The van der Waals surface area contributed by atoms with Gasteiger partial charge in [0.25, 0.3) is 0 Å². The summed E-state index contributed by atoms with van der Waals surface area (Å²) in [5.74, 6) is 0.914. The Morgan fingerprint density at radius 1 is 1.54 bits per heavy atom. The Labute approximate surface area is 75.9 Å². The van der Waals surface area contributed by atoms with Crippen LogP contribution in [0.2, 0.25) is 0 Å². The van der Waals surface area contributed by atoms with Crippen molar-refractivity contribution in [2.45, 2.75) is 13.5 Å². The number of aromatic nitrogens is 3. The molecule has 0 amide bonds. The molecule has 0 aliphatic carbocycles. The maximum Gasteiger partial charge on any atom is 0.107 e. The lowest BCUT2D eigenvalue weighted by atomic mass is 10.4. The fourth-order valence-corrected chi connectivity index (χ4v) is 1.48. The molecule has 4 nitrogen and oxygen atoms in total. The van der Waals surface area contributed by atoms with E-state index in [1.165, 1.54) is 0 Å². The molecule has 0 saturated carbocycles. The summed E-state index contributed by atoms with van der Waals surface area (Å²) in [5.41, 5.74) is 1.91. The van der Waals surface area contributed by atoms with E-state index in [2.05, 4.69) is 9.97 Å². The van der Waals surface area contributed by atoms with Gasteiger partial charge in [-0.2, -0.15) is 0 Å². The normalized spacial score (nSPS) is 10.9. The third kappa shape index (κ3) is 1.29. The van der Waals surface area contributed by atoms with Gasteiger partial charge in [-0.3, -0.25) is 4.98 Å². The molecule has 0 saturated heterocycles. The Balaban J connectivity index is 2.64. The molecule has 0 aromatic carbocycles.